The van der Waals surface area contributed by atoms with E-state index in [9.17, 15) is 22.8 Å². The normalized spacial score (nSPS) is 11.2. The monoisotopic (exact) mass is 409 g/mol. The number of carbonyl (C=O) groups excluding carboxylic acids is 2. The summed E-state index contributed by atoms with van der Waals surface area (Å²) in [6.45, 7) is 2.04. The van der Waals surface area contributed by atoms with Crippen LogP contribution in [0.3, 0.4) is 0 Å². The molecule has 0 saturated carbocycles. The van der Waals surface area contributed by atoms with Gasteiger partial charge in [0.05, 0.1) is 30.9 Å². The molecule has 2 aromatic rings. The maximum Gasteiger partial charge on any atom is 0.418 e. The molecule has 0 aliphatic heterocycles. The van der Waals surface area contributed by atoms with E-state index in [1.54, 1.807) is 24.3 Å². The smallest absolute Gasteiger partial charge is 0.418 e. The molecule has 29 heavy (non-hydrogen) atoms. The van der Waals surface area contributed by atoms with E-state index in [1.807, 2.05) is 6.92 Å². The summed E-state index contributed by atoms with van der Waals surface area (Å²) in [6.07, 6.45) is -4.58. The Hall–Kier alpha value is -3.07. The molecule has 0 unspecified atom stereocenters. The molecule has 0 fully saturated rings. The molecule has 0 aliphatic rings. The Bertz CT molecular complexity index is 839. The van der Waals surface area contributed by atoms with Crippen LogP contribution in [0.15, 0.2) is 48.5 Å². The molecule has 0 atom stereocenters. The molecule has 0 heterocycles. The van der Waals surface area contributed by atoms with Crippen LogP contribution in [-0.2, 0) is 15.8 Å². The average Bonchev–Trinajstić information content (AvgIpc) is 2.62. The highest BCUT2D eigenvalue weighted by Gasteiger charge is 2.33. The van der Waals surface area contributed by atoms with Gasteiger partial charge >= 0.3 is 6.18 Å². The number of nitrogens with one attached hydrogen (secondary N) is 2. The molecule has 0 saturated heterocycles. The molecule has 156 valence electrons. The van der Waals surface area contributed by atoms with Crippen LogP contribution in [0, 0.1) is 0 Å². The van der Waals surface area contributed by atoms with E-state index in [-0.39, 0.29) is 24.7 Å². The second-order valence-electron chi connectivity index (χ2n) is 6.27. The number of rotatable bonds is 8. The van der Waals surface area contributed by atoms with E-state index in [0.29, 0.717) is 18.0 Å². The van der Waals surface area contributed by atoms with E-state index in [0.717, 1.165) is 6.07 Å². The summed E-state index contributed by atoms with van der Waals surface area (Å²) in [4.78, 5) is 25.6. The van der Waals surface area contributed by atoms with Crippen LogP contribution < -0.4 is 15.4 Å². The molecule has 0 bridgehead atoms. The fourth-order valence-corrected chi connectivity index (χ4v) is 2.58. The number of likely N-dealkylation sites (N-methyl/N-ethyl adjacent to an activating group) is 1. The highest BCUT2D eigenvalue weighted by Crippen LogP contribution is 2.34. The number of ether oxygens (including phenoxy) is 1. The molecule has 9 heteroatoms. The standard InChI is InChI=1S/C20H22F3N3O3/c1-3-29-15-10-8-14(9-11-15)24-18(27)12-26(2)13-19(28)25-17-7-5-4-6-16(17)20(21,22)23/h4-11H,3,12-13H2,1-2H3,(H,24,27)(H,25,28). The first-order valence-corrected chi connectivity index (χ1v) is 8.86. The van der Waals surface area contributed by atoms with Gasteiger partial charge in [0.2, 0.25) is 11.8 Å². The number of halogens is 3. The Morgan fingerprint density at radius 1 is 0.966 bits per heavy atom. The van der Waals surface area contributed by atoms with Crippen molar-refractivity contribution in [1.29, 1.82) is 0 Å². The first-order valence-electron chi connectivity index (χ1n) is 8.86. The van der Waals surface area contributed by atoms with Crippen molar-refractivity contribution in [2.45, 2.75) is 13.1 Å². The number of hydrogen-bond donors (Lipinski definition) is 2. The lowest BCUT2D eigenvalue weighted by atomic mass is 10.1. The molecule has 6 nitrogen and oxygen atoms in total. The average molecular weight is 409 g/mol. The SMILES string of the molecule is CCOc1ccc(NC(=O)CN(C)CC(=O)Nc2ccccc2C(F)(F)F)cc1. The Kier molecular flexibility index (Phi) is 7.60. The maximum absolute atomic E-state index is 13.0. The zero-order chi connectivity index (χ0) is 21.4. The minimum absolute atomic E-state index is 0.110. The van der Waals surface area contributed by atoms with Gasteiger partial charge in [-0.25, -0.2) is 0 Å². The van der Waals surface area contributed by atoms with E-state index in [2.05, 4.69) is 10.6 Å². The van der Waals surface area contributed by atoms with Gasteiger partial charge in [-0.05, 0) is 50.4 Å². The summed E-state index contributed by atoms with van der Waals surface area (Å²) >= 11 is 0. The molecular weight excluding hydrogens is 387 g/mol. The molecule has 0 aliphatic carbocycles. The molecule has 2 aromatic carbocycles. The number of benzene rings is 2. The van der Waals surface area contributed by atoms with Crippen molar-refractivity contribution in [3.63, 3.8) is 0 Å². The number of para-hydroxylation sites is 1. The van der Waals surface area contributed by atoms with Gasteiger partial charge in [0.25, 0.3) is 0 Å². The summed E-state index contributed by atoms with van der Waals surface area (Å²) < 4.78 is 44.3. The highest BCUT2D eigenvalue weighted by atomic mass is 19.4. The fourth-order valence-electron chi connectivity index (χ4n) is 2.58. The van der Waals surface area contributed by atoms with Crippen LogP contribution in [-0.4, -0.2) is 43.5 Å². The van der Waals surface area contributed by atoms with Gasteiger partial charge in [-0.3, -0.25) is 14.5 Å². The largest absolute Gasteiger partial charge is 0.494 e. The Balaban J connectivity index is 1.86. The van der Waals surface area contributed by atoms with Crippen LogP contribution >= 0.6 is 0 Å². The summed E-state index contributed by atoms with van der Waals surface area (Å²) in [5, 5.41) is 4.92. The zero-order valence-electron chi connectivity index (χ0n) is 16.0. The second-order valence-corrected chi connectivity index (χ2v) is 6.27. The minimum Gasteiger partial charge on any atom is -0.494 e. The fraction of sp³-hybridized carbons (Fsp3) is 0.300. The highest BCUT2D eigenvalue weighted by molar-refractivity contribution is 5.95. The minimum atomic E-state index is -4.58. The molecule has 2 amide bonds. The molecular formula is C20H22F3N3O3. The summed E-state index contributed by atoms with van der Waals surface area (Å²) in [5.41, 5.74) is -0.683. The number of hydrogen-bond acceptors (Lipinski definition) is 4. The number of carbonyl (C=O) groups is 2. The zero-order valence-corrected chi connectivity index (χ0v) is 16.0. The van der Waals surface area contributed by atoms with E-state index >= 15 is 0 Å². The Morgan fingerprint density at radius 2 is 1.55 bits per heavy atom. The van der Waals surface area contributed by atoms with Crippen molar-refractivity contribution in [2.75, 3.05) is 37.4 Å². The van der Waals surface area contributed by atoms with E-state index in [4.69, 9.17) is 4.74 Å². The first kappa shape index (κ1) is 22.2. The Morgan fingerprint density at radius 3 is 2.14 bits per heavy atom. The molecule has 2 N–H and O–H groups in total. The quantitative estimate of drug-likeness (QED) is 0.699. The number of alkyl halides is 3. The van der Waals surface area contributed by atoms with Gasteiger partial charge in [0.15, 0.2) is 0 Å². The second kappa shape index (κ2) is 9.92. The van der Waals surface area contributed by atoms with Crippen molar-refractivity contribution in [1.82, 2.24) is 4.90 Å². The van der Waals surface area contributed by atoms with Crippen LogP contribution in [0.4, 0.5) is 24.5 Å². The predicted octanol–water partition coefficient (Wildman–Crippen LogP) is 3.61. The lowest BCUT2D eigenvalue weighted by Gasteiger charge is -2.18. The van der Waals surface area contributed by atoms with Gasteiger partial charge in [-0.15, -0.1) is 0 Å². The van der Waals surface area contributed by atoms with E-state index in [1.165, 1.54) is 30.1 Å². The maximum atomic E-state index is 13.0. The third-order valence-corrected chi connectivity index (χ3v) is 3.78. The van der Waals surface area contributed by atoms with Gasteiger partial charge in [-0.1, -0.05) is 12.1 Å². The summed E-state index contributed by atoms with van der Waals surface area (Å²) in [6, 6.07) is 11.5. The van der Waals surface area contributed by atoms with Crippen molar-refractivity contribution < 1.29 is 27.5 Å². The topological polar surface area (TPSA) is 70.7 Å². The number of amides is 2. The summed E-state index contributed by atoms with van der Waals surface area (Å²) in [7, 11) is 1.52. The Labute approximate surface area is 166 Å². The van der Waals surface area contributed by atoms with Gasteiger partial charge in [-0.2, -0.15) is 13.2 Å². The van der Waals surface area contributed by atoms with Crippen LogP contribution in [0.25, 0.3) is 0 Å². The first-order chi connectivity index (χ1) is 13.7. The molecule has 0 spiro atoms. The van der Waals surface area contributed by atoms with Crippen molar-refractivity contribution in [2.24, 2.45) is 0 Å². The van der Waals surface area contributed by atoms with Crippen molar-refractivity contribution >= 4 is 23.2 Å². The lowest BCUT2D eigenvalue weighted by molar-refractivity contribution is -0.137. The molecule has 0 radical (unpaired) electrons. The van der Waals surface area contributed by atoms with Crippen LogP contribution in [0.5, 0.6) is 5.75 Å². The van der Waals surface area contributed by atoms with Crippen LogP contribution in [0.2, 0.25) is 0 Å². The van der Waals surface area contributed by atoms with Gasteiger partial charge < -0.3 is 15.4 Å². The van der Waals surface area contributed by atoms with Crippen molar-refractivity contribution in [3.05, 3.63) is 54.1 Å². The van der Waals surface area contributed by atoms with Crippen molar-refractivity contribution in [3.8, 4) is 5.75 Å². The van der Waals surface area contributed by atoms with Crippen LogP contribution in [0.1, 0.15) is 12.5 Å². The molecule has 0 aromatic heterocycles. The number of anilines is 2. The number of nitrogens with zero attached hydrogens (tertiary/aromatic N) is 1. The molecule has 2 rings (SSSR count). The van der Waals surface area contributed by atoms with E-state index < -0.39 is 17.6 Å². The predicted molar refractivity (Wildman–Crippen MR) is 104 cm³/mol. The third kappa shape index (κ3) is 7.11. The summed E-state index contributed by atoms with van der Waals surface area (Å²) in [5.74, 6) is -0.336. The van der Waals surface area contributed by atoms with Gasteiger partial charge in [0.1, 0.15) is 5.75 Å². The third-order valence-electron chi connectivity index (χ3n) is 3.78. The van der Waals surface area contributed by atoms with Gasteiger partial charge in [0, 0.05) is 5.69 Å². The lowest BCUT2D eigenvalue weighted by Crippen LogP contribution is -2.36.